The Balaban J connectivity index is 1.59. The van der Waals surface area contributed by atoms with Crippen molar-refractivity contribution in [3.05, 3.63) is 35.9 Å². The van der Waals surface area contributed by atoms with Crippen molar-refractivity contribution < 1.29 is 0 Å². The van der Waals surface area contributed by atoms with Crippen LogP contribution in [-0.4, -0.2) is 6.54 Å². The molecule has 0 atom stereocenters. The maximum absolute atomic E-state index is 5.68. The first kappa shape index (κ1) is 9.41. The van der Waals surface area contributed by atoms with Crippen LogP contribution in [0.2, 0.25) is 0 Å². The molecule has 1 aromatic rings. The number of rotatable bonds is 2. The minimum absolute atomic E-state index is 0.713. The van der Waals surface area contributed by atoms with E-state index < -0.39 is 0 Å². The second kappa shape index (κ2) is 3.34. The van der Waals surface area contributed by atoms with E-state index in [9.17, 15) is 0 Å². The van der Waals surface area contributed by atoms with Crippen LogP contribution in [0.1, 0.15) is 37.2 Å². The van der Waals surface area contributed by atoms with Crippen LogP contribution in [0.4, 0.5) is 0 Å². The molecule has 0 saturated heterocycles. The van der Waals surface area contributed by atoms with Crippen molar-refractivity contribution in [1.29, 1.82) is 0 Å². The molecule has 2 aliphatic rings. The van der Waals surface area contributed by atoms with E-state index in [-0.39, 0.29) is 0 Å². The van der Waals surface area contributed by atoms with E-state index >= 15 is 0 Å². The molecule has 0 aliphatic heterocycles. The zero-order valence-corrected chi connectivity index (χ0v) is 9.15. The summed E-state index contributed by atoms with van der Waals surface area (Å²) < 4.78 is 0. The summed E-state index contributed by atoms with van der Waals surface area (Å²) in [7, 11) is 0. The van der Waals surface area contributed by atoms with Crippen molar-refractivity contribution in [3.63, 3.8) is 0 Å². The van der Waals surface area contributed by atoms with E-state index in [1.165, 1.54) is 25.7 Å². The number of hydrogen-bond donors (Lipinski definition) is 1. The molecule has 1 heteroatoms. The van der Waals surface area contributed by atoms with Gasteiger partial charge in [-0.1, -0.05) is 30.3 Å². The lowest BCUT2D eigenvalue weighted by atomic mass is 9.47. The van der Waals surface area contributed by atoms with E-state index in [2.05, 4.69) is 30.3 Å². The van der Waals surface area contributed by atoms with E-state index in [0.717, 1.165) is 18.4 Å². The standard InChI is InChI=1S/C14H19N/c15-10-11-6-14(7-11)8-13(9-14)12-4-2-1-3-5-12/h1-5,11,13H,6-10,15H2. The van der Waals surface area contributed by atoms with E-state index in [4.69, 9.17) is 5.73 Å². The molecule has 80 valence electrons. The number of nitrogens with two attached hydrogens (primary N) is 1. The molecule has 1 aromatic carbocycles. The fourth-order valence-corrected chi connectivity index (χ4v) is 3.61. The van der Waals surface area contributed by atoms with Gasteiger partial charge in [-0.15, -0.1) is 0 Å². The van der Waals surface area contributed by atoms with Gasteiger partial charge >= 0.3 is 0 Å². The lowest BCUT2D eigenvalue weighted by Gasteiger charge is -2.58. The molecule has 0 radical (unpaired) electrons. The average Bonchev–Trinajstić information content (AvgIpc) is 2.16. The monoisotopic (exact) mass is 201 g/mol. The van der Waals surface area contributed by atoms with Crippen LogP contribution < -0.4 is 5.73 Å². The Bertz CT molecular complexity index is 330. The van der Waals surface area contributed by atoms with Crippen molar-refractivity contribution in [1.82, 2.24) is 0 Å². The summed E-state index contributed by atoms with van der Waals surface area (Å²) in [5, 5.41) is 0. The highest BCUT2D eigenvalue weighted by atomic mass is 14.6. The minimum Gasteiger partial charge on any atom is -0.330 e. The van der Waals surface area contributed by atoms with Gasteiger partial charge in [-0.25, -0.2) is 0 Å². The van der Waals surface area contributed by atoms with E-state index in [0.29, 0.717) is 5.41 Å². The Hall–Kier alpha value is -0.820. The van der Waals surface area contributed by atoms with Gasteiger partial charge in [0.1, 0.15) is 0 Å². The Morgan fingerprint density at radius 2 is 1.73 bits per heavy atom. The topological polar surface area (TPSA) is 26.0 Å². The minimum atomic E-state index is 0.713. The zero-order chi connectivity index (χ0) is 10.3. The van der Waals surface area contributed by atoms with Crippen LogP contribution in [0, 0.1) is 11.3 Å². The molecule has 3 rings (SSSR count). The first-order valence-corrected chi connectivity index (χ1v) is 6.06. The maximum Gasteiger partial charge on any atom is -0.00485 e. The van der Waals surface area contributed by atoms with Gasteiger partial charge in [-0.2, -0.15) is 0 Å². The van der Waals surface area contributed by atoms with Crippen molar-refractivity contribution in [2.24, 2.45) is 17.1 Å². The fraction of sp³-hybridized carbons (Fsp3) is 0.571. The van der Waals surface area contributed by atoms with Gasteiger partial charge in [-0.3, -0.25) is 0 Å². The molecule has 2 N–H and O–H groups in total. The van der Waals surface area contributed by atoms with Crippen LogP contribution in [-0.2, 0) is 0 Å². The van der Waals surface area contributed by atoms with Crippen LogP contribution in [0.3, 0.4) is 0 Å². The zero-order valence-electron chi connectivity index (χ0n) is 9.15. The average molecular weight is 201 g/mol. The highest BCUT2D eigenvalue weighted by Gasteiger charge is 2.52. The molecule has 15 heavy (non-hydrogen) atoms. The quantitative estimate of drug-likeness (QED) is 0.782. The molecule has 0 aromatic heterocycles. The Morgan fingerprint density at radius 1 is 1.07 bits per heavy atom. The van der Waals surface area contributed by atoms with Crippen molar-refractivity contribution in [2.75, 3.05) is 6.54 Å². The predicted molar refractivity (Wildman–Crippen MR) is 62.6 cm³/mol. The molecular weight excluding hydrogens is 182 g/mol. The highest BCUT2D eigenvalue weighted by molar-refractivity contribution is 5.24. The van der Waals surface area contributed by atoms with Gasteiger partial charge in [0.2, 0.25) is 0 Å². The third kappa shape index (κ3) is 1.50. The van der Waals surface area contributed by atoms with Crippen molar-refractivity contribution in [3.8, 4) is 0 Å². The largest absolute Gasteiger partial charge is 0.330 e. The summed E-state index contributed by atoms with van der Waals surface area (Å²) in [4.78, 5) is 0. The van der Waals surface area contributed by atoms with Gasteiger partial charge in [-0.05, 0) is 55.0 Å². The summed E-state index contributed by atoms with van der Waals surface area (Å²) >= 11 is 0. The molecular formula is C14H19N. The third-order valence-corrected chi connectivity index (χ3v) is 4.41. The summed E-state index contributed by atoms with van der Waals surface area (Å²) in [5.74, 6) is 1.67. The van der Waals surface area contributed by atoms with E-state index in [1.807, 2.05) is 0 Å². The van der Waals surface area contributed by atoms with Gasteiger partial charge in [0.15, 0.2) is 0 Å². The SMILES string of the molecule is NCC1CC2(C1)CC(c1ccccc1)C2. The second-order valence-corrected chi connectivity index (χ2v) is 5.53. The Morgan fingerprint density at radius 3 is 2.33 bits per heavy atom. The molecule has 0 unspecified atom stereocenters. The first-order chi connectivity index (χ1) is 7.31. The van der Waals surface area contributed by atoms with Crippen LogP contribution >= 0.6 is 0 Å². The van der Waals surface area contributed by atoms with Crippen LogP contribution in [0.25, 0.3) is 0 Å². The Kier molecular flexibility index (Phi) is 2.10. The number of hydrogen-bond acceptors (Lipinski definition) is 1. The molecule has 2 saturated carbocycles. The molecule has 2 aliphatic carbocycles. The summed E-state index contributed by atoms with van der Waals surface area (Å²) in [5.41, 5.74) is 7.93. The molecule has 1 spiro atoms. The maximum atomic E-state index is 5.68. The molecule has 0 amide bonds. The normalized spacial score (nSPS) is 38.5. The highest BCUT2D eigenvalue weighted by Crippen LogP contribution is 2.63. The Labute approximate surface area is 91.7 Å². The lowest BCUT2D eigenvalue weighted by molar-refractivity contribution is -0.0377. The second-order valence-electron chi connectivity index (χ2n) is 5.53. The fourth-order valence-electron chi connectivity index (χ4n) is 3.61. The molecule has 0 bridgehead atoms. The van der Waals surface area contributed by atoms with Crippen LogP contribution in [0.15, 0.2) is 30.3 Å². The summed E-state index contributed by atoms with van der Waals surface area (Å²) in [6.45, 7) is 0.901. The van der Waals surface area contributed by atoms with Crippen molar-refractivity contribution in [2.45, 2.75) is 31.6 Å². The predicted octanol–water partition coefficient (Wildman–Crippen LogP) is 2.92. The van der Waals surface area contributed by atoms with Gasteiger partial charge < -0.3 is 5.73 Å². The van der Waals surface area contributed by atoms with Gasteiger partial charge in [0.25, 0.3) is 0 Å². The van der Waals surface area contributed by atoms with Crippen LogP contribution in [0.5, 0.6) is 0 Å². The summed E-state index contributed by atoms with van der Waals surface area (Å²) in [6, 6.07) is 11.0. The summed E-state index contributed by atoms with van der Waals surface area (Å²) in [6.07, 6.45) is 5.61. The lowest BCUT2D eigenvalue weighted by Crippen LogP contribution is -2.48. The molecule has 2 fully saturated rings. The first-order valence-electron chi connectivity index (χ1n) is 6.06. The van der Waals surface area contributed by atoms with Gasteiger partial charge in [0.05, 0.1) is 0 Å². The van der Waals surface area contributed by atoms with Gasteiger partial charge in [0, 0.05) is 0 Å². The molecule has 0 heterocycles. The molecule has 1 nitrogen and oxygen atoms in total. The number of benzene rings is 1. The smallest absolute Gasteiger partial charge is 0.00485 e. The van der Waals surface area contributed by atoms with E-state index in [1.54, 1.807) is 5.56 Å². The third-order valence-electron chi connectivity index (χ3n) is 4.41. The van der Waals surface area contributed by atoms with Crippen molar-refractivity contribution >= 4 is 0 Å².